The predicted molar refractivity (Wildman–Crippen MR) is 166 cm³/mol. The van der Waals surface area contributed by atoms with Crippen molar-refractivity contribution in [3.8, 4) is 22.5 Å². The van der Waals surface area contributed by atoms with Gasteiger partial charge in [-0.15, -0.1) is 53.2 Å². The number of hydrogen-bond acceptors (Lipinski definition) is 3. The first-order valence-electron chi connectivity index (χ1n) is 14.7. The van der Waals surface area contributed by atoms with Crippen molar-refractivity contribution in [3.05, 3.63) is 115 Å². The summed E-state index contributed by atoms with van der Waals surface area (Å²) in [5.74, 6) is 0.462. The summed E-state index contributed by atoms with van der Waals surface area (Å²) in [4.78, 5) is 8.75. The summed E-state index contributed by atoms with van der Waals surface area (Å²) in [7, 11) is -1.54. The number of nitrogens with zero attached hydrogens (tertiary/aromatic N) is 2. The van der Waals surface area contributed by atoms with Crippen LogP contribution in [0.25, 0.3) is 44.5 Å². The molecule has 0 bridgehead atoms. The van der Waals surface area contributed by atoms with Crippen LogP contribution in [0, 0.1) is 19.0 Å². The van der Waals surface area contributed by atoms with Crippen molar-refractivity contribution in [2.24, 2.45) is 0 Å². The molecular formula is C35H34IrN2OSi-2. The molecule has 0 aliphatic heterocycles. The zero-order chi connectivity index (χ0) is 30.1. The van der Waals surface area contributed by atoms with Crippen molar-refractivity contribution in [1.29, 1.82) is 0 Å². The molecule has 0 N–H and O–H groups in total. The molecular weight excluding hydrogens is 685 g/mol. The summed E-state index contributed by atoms with van der Waals surface area (Å²) >= 11 is 0. The first kappa shape index (κ1) is 25.6. The summed E-state index contributed by atoms with van der Waals surface area (Å²) < 4.78 is 28.0. The maximum absolute atomic E-state index is 7.23. The Bertz CT molecular complexity index is 1830. The van der Waals surface area contributed by atoms with E-state index in [0.29, 0.717) is 5.92 Å². The topological polar surface area (TPSA) is 38.9 Å². The fourth-order valence-electron chi connectivity index (χ4n) is 4.60. The fraction of sp³-hybridized carbons (Fsp3) is 0.200. The minimum absolute atomic E-state index is 0. The van der Waals surface area contributed by atoms with E-state index in [-0.39, 0.29) is 25.7 Å². The quantitative estimate of drug-likeness (QED) is 0.135. The molecule has 0 unspecified atom stereocenters. The molecule has 6 aromatic rings. The van der Waals surface area contributed by atoms with Crippen molar-refractivity contribution in [3.63, 3.8) is 0 Å². The molecule has 1 radical (unpaired) electrons. The monoisotopic (exact) mass is 722 g/mol. The fourth-order valence-corrected chi connectivity index (χ4v) is 6.10. The van der Waals surface area contributed by atoms with Crippen molar-refractivity contribution in [2.45, 2.75) is 46.3 Å². The molecule has 0 aliphatic carbocycles. The molecule has 205 valence electrons. The van der Waals surface area contributed by atoms with Gasteiger partial charge in [0.15, 0.2) is 0 Å². The van der Waals surface area contributed by atoms with Gasteiger partial charge in [0.25, 0.3) is 0 Å². The van der Waals surface area contributed by atoms with Crippen LogP contribution >= 0.6 is 0 Å². The minimum atomic E-state index is -2.09. The number of para-hydroxylation sites is 1. The van der Waals surface area contributed by atoms with E-state index in [2.05, 4.69) is 85.9 Å². The summed E-state index contributed by atoms with van der Waals surface area (Å²) in [5.41, 5.74) is 6.87. The van der Waals surface area contributed by atoms with Gasteiger partial charge in [-0.2, -0.15) is 0 Å². The van der Waals surface area contributed by atoms with Gasteiger partial charge in [0.1, 0.15) is 5.58 Å². The second kappa shape index (κ2) is 12.4. The number of aromatic nitrogens is 2. The van der Waals surface area contributed by atoms with Gasteiger partial charge in [0.05, 0.1) is 5.58 Å². The van der Waals surface area contributed by atoms with E-state index in [4.69, 9.17) is 8.53 Å². The van der Waals surface area contributed by atoms with Gasteiger partial charge >= 0.3 is 0 Å². The molecule has 0 aliphatic rings. The Labute approximate surface area is 256 Å². The number of furan rings is 1. The van der Waals surface area contributed by atoms with E-state index in [9.17, 15) is 0 Å². The van der Waals surface area contributed by atoms with Crippen molar-refractivity contribution < 1.29 is 28.6 Å². The third-order valence-corrected chi connectivity index (χ3v) is 8.73. The van der Waals surface area contributed by atoms with Crippen molar-refractivity contribution >= 4 is 35.2 Å². The van der Waals surface area contributed by atoms with E-state index < -0.39 is 14.9 Å². The van der Waals surface area contributed by atoms with E-state index >= 15 is 0 Å². The Morgan fingerprint density at radius 2 is 1.70 bits per heavy atom. The van der Waals surface area contributed by atoms with Crippen LogP contribution in [-0.2, 0) is 20.1 Å². The first-order chi connectivity index (χ1) is 19.9. The van der Waals surface area contributed by atoms with Crippen LogP contribution in [0.4, 0.5) is 0 Å². The molecule has 0 saturated heterocycles. The second-order valence-electron chi connectivity index (χ2n) is 11.0. The van der Waals surface area contributed by atoms with Gasteiger partial charge in [0.2, 0.25) is 0 Å². The molecule has 3 heterocycles. The maximum Gasteiger partial charge on any atom is 0.120 e. The molecule has 6 rings (SSSR count). The normalized spacial score (nSPS) is 12.7. The average molecular weight is 722 g/mol. The molecule has 3 aromatic heterocycles. The van der Waals surface area contributed by atoms with Gasteiger partial charge in [0, 0.05) is 50.1 Å². The Balaban J connectivity index is 0.000000215. The smallest absolute Gasteiger partial charge is 0.120 e. The van der Waals surface area contributed by atoms with E-state index in [0.717, 1.165) is 33.7 Å². The molecule has 0 saturated carbocycles. The third-order valence-electron chi connectivity index (χ3n) is 6.72. The number of hydrogen-bond donors (Lipinski definition) is 0. The molecule has 5 heteroatoms. The Morgan fingerprint density at radius 3 is 2.38 bits per heavy atom. The molecule has 0 spiro atoms. The number of benzene rings is 3. The van der Waals surface area contributed by atoms with Crippen LogP contribution < -0.4 is 5.19 Å². The Morgan fingerprint density at radius 1 is 0.900 bits per heavy atom. The largest absolute Gasteiger partial charge is 0.501 e. The second-order valence-corrected chi connectivity index (χ2v) is 16.0. The summed E-state index contributed by atoms with van der Waals surface area (Å²) in [6.45, 7) is 9.42. The van der Waals surface area contributed by atoms with Gasteiger partial charge in [-0.05, 0) is 41.9 Å². The maximum atomic E-state index is 7.23. The number of fused-ring (bicyclic) bond motifs is 3. The average Bonchev–Trinajstić information content (AvgIpc) is 3.36. The van der Waals surface area contributed by atoms with E-state index in [1.807, 2.05) is 36.5 Å². The minimum Gasteiger partial charge on any atom is -0.501 e. The van der Waals surface area contributed by atoms with Crippen LogP contribution in [0.15, 0.2) is 95.7 Å². The number of rotatable bonds is 4. The third kappa shape index (κ3) is 6.33. The van der Waals surface area contributed by atoms with E-state index in [1.165, 1.54) is 27.7 Å². The Hall–Kier alpha value is -3.37. The van der Waals surface area contributed by atoms with E-state index in [1.54, 1.807) is 18.2 Å². The van der Waals surface area contributed by atoms with Gasteiger partial charge in [-0.1, -0.05) is 86.4 Å². The summed E-state index contributed by atoms with van der Waals surface area (Å²) in [5, 5.41) is 3.82. The molecule has 3 aromatic carbocycles. The van der Waals surface area contributed by atoms with Crippen LogP contribution in [0.3, 0.4) is 0 Å². The van der Waals surface area contributed by atoms with Crippen LogP contribution in [0.2, 0.25) is 19.6 Å². The van der Waals surface area contributed by atoms with Gasteiger partial charge in [-0.25, -0.2) is 0 Å². The van der Waals surface area contributed by atoms with Gasteiger partial charge < -0.3 is 14.4 Å². The standard InChI is InChI=1S/C23H24NOSi.C12H10N.Ir/c1-15(2)16-12-13-24-19(14-16)17-10-11-21(26(3,4)5)22-18-8-6-7-9-20(18)25-23(17)22;1-10-7-8-12(13-9-10)11-5-3-2-4-6-11;/h6-9,11-15H,1-5H3;2-5,7-9H,1H3;/q2*-1;/i;1D3;. The zero-order valence-electron chi connectivity index (χ0n) is 26.4. The van der Waals surface area contributed by atoms with Crippen molar-refractivity contribution in [1.82, 2.24) is 9.97 Å². The molecule has 0 fully saturated rings. The predicted octanol–water partition coefficient (Wildman–Crippen LogP) is 8.97. The molecule has 3 nitrogen and oxygen atoms in total. The van der Waals surface area contributed by atoms with Crippen LogP contribution in [0.5, 0.6) is 0 Å². The Kier molecular flexibility index (Phi) is 7.95. The summed E-state index contributed by atoms with van der Waals surface area (Å²) in [6.07, 6.45) is 3.28. The van der Waals surface area contributed by atoms with Crippen molar-refractivity contribution in [2.75, 3.05) is 0 Å². The molecule has 40 heavy (non-hydrogen) atoms. The number of aryl methyl sites for hydroxylation is 1. The SMILES string of the molecule is CC(C)c1ccnc(-c2[c-]cc([Si](C)(C)C)c3c2oc2ccccc23)c1.[2H]C([2H])([2H])c1ccc(-c2[c-]cccc2)nc1.[Ir]. The summed E-state index contributed by atoms with van der Waals surface area (Å²) in [6, 6.07) is 32.0. The first-order valence-corrected chi connectivity index (χ1v) is 16.7. The van der Waals surface area contributed by atoms with Crippen LogP contribution in [-0.4, -0.2) is 18.0 Å². The molecule has 0 atom stereocenters. The van der Waals surface area contributed by atoms with Crippen LogP contribution in [0.1, 0.15) is 35.0 Å². The molecule has 0 amide bonds. The zero-order valence-corrected chi connectivity index (χ0v) is 26.8. The van der Waals surface area contributed by atoms with Gasteiger partial charge in [-0.3, -0.25) is 0 Å². The number of pyridine rings is 2.